The normalized spacial score (nSPS) is 17.0. The molecule has 0 aromatic heterocycles. The molecule has 4 heteroatoms. The monoisotopic (exact) mass is 101 g/mol. The van der Waals surface area contributed by atoms with Crippen LogP contribution in [0.5, 0.6) is 0 Å². The summed E-state index contributed by atoms with van der Waals surface area (Å²) in [5.74, 6) is -0.376. The van der Waals surface area contributed by atoms with E-state index in [1.165, 1.54) is 6.20 Å². The van der Waals surface area contributed by atoms with Crippen molar-refractivity contribution in [1.82, 2.24) is 11.0 Å². The van der Waals surface area contributed by atoms with Crippen molar-refractivity contribution in [3.63, 3.8) is 0 Å². The molecule has 1 heterocycles. The lowest BCUT2D eigenvalue weighted by Gasteiger charge is -2.00. The minimum atomic E-state index is -0.376. The van der Waals surface area contributed by atoms with E-state index < -0.39 is 0 Å². The number of halogens is 1. The molecule has 1 rings (SSSR count). The third kappa shape index (κ3) is 0.887. The van der Waals surface area contributed by atoms with Gasteiger partial charge in [-0.15, -0.1) is 0 Å². The van der Waals surface area contributed by atoms with E-state index in [1.54, 1.807) is 0 Å². The fourth-order valence-corrected chi connectivity index (χ4v) is 0.270. The molecular weight excluding hydrogens is 97.1 g/mol. The van der Waals surface area contributed by atoms with Crippen LogP contribution < -0.4 is 11.0 Å². The van der Waals surface area contributed by atoms with E-state index in [0.717, 1.165) is 6.21 Å². The van der Waals surface area contributed by atoms with Crippen LogP contribution in [0, 0.1) is 0 Å². The number of nitrogens with one attached hydrogen (secondary N) is 2. The van der Waals surface area contributed by atoms with E-state index in [9.17, 15) is 4.39 Å². The molecule has 0 saturated heterocycles. The minimum Gasteiger partial charge on any atom is -0.289 e. The van der Waals surface area contributed by atoms with Crippen LogP contribution in [-0.2, 0) is 0 Å². The van der Waals surface area contributed by atoms with Crippen molar-refractivity contribution in [1.29, 1.82) is 0 Å². The highest BCUT2D eigenvalue weighted by molar-refractivity contribution is 5.75. The Morgan fingerprint density at radius 2 is 2.57 bits per heavy atom. The van der Waals surface area contributed by atoms with Crippen molar-refractivity contribution < 1.29 is 4.39 Å². The Balaban J connectivity index is 2.58. The Hall–Kier alpha value is -1.06. The molecule has 0 unspecified atom stereocenters. The lowest BCUT2D eigenvalue weighted by Crippen LogP contribution is -2.24. The van der Waals surface area contributed by atoms with Crippen molar-refractivity contribution in [3.8, 4) is 0 Å². The second-order valence-electron chi connectivity index (χ2n) is 1.04. The average molecular weight is 101 g/mol. The van der Waals surface area contributed by atoms with Gasteiger partial charge in [-0.2, -0.15) is 5.10 Å². The van der Waals surface area contributed by atoms with Crippen LogP contribution in [0.4, 0.5) is 4.39 Å². The van der Waals surface area contributed by atoms with Crippen molar-refractivity contribution in [3.05, 3.63) is 12.0 Å². The molecule has 0 atom stereocenters. The molecule has 0 bridgehead atoms. The van der Waals surface area contributed by atoms with Gasteiger partial charge in [0.15, 0.2) is 5.83 Å². The minimum absolute atomic E-state index is 0.376. The van der Waals surface area contributed by atoms with Crippen LogP contribution in [0.25, 0.3) is 0 Å². The quantitative estimate of drug-likeness (QED) is 0.446. The highest BCUT2D eigenvalue weighted by atomic mass is 19.1. The first-order chi connectivity index (χ1) is 3.39. The molecule has 1 aliphatic heterocycles. The molecule has 7 heavy (non-hydrogen) atoms. The topological polar surface area (TPSA) is 36.4 Å². The number of hydrazine groups is 1. The molecule has 0 amide bonds. The molecule has 0 aromatic carbocycles. The molecule has 0 saturated carbocycles. The Labute approximate surface area is 39.9 Å². The van der Waals surface area contributed by atoms with Gasteiger partial charge in [-0.3, -0.25) is 5.43 Å². The highest BCUT2D eigenvalue weighted by Gasteiger charge is 1.89. The summed E-state index contributed by atoms with van der Waals surface area (Å²) in [5.41, 5.74) is 4.67. The molecule has 0 fully saturated rings. The van der Waals surface area contributed by atoms with Gasteiger partial charge in [0.25, 0.3) is 0 Å². The van der Waals surface area contributed by atoms with Gasteiger partial charge in [0.1, 0.15) is 0 Å². The predicted molar refractivity (Wildman–Crippen MR) is 24.0 cm³/mol. The van der Waals surface area contributed by atoms with E-state index >= 15 is 0 Å². The largest absolute Gasteiger partial charge is 0.289 e. The third-order valence-corrected chi connectivity index (χ3v) is 0.527. The van der Waals surface area contributed by atoms with E-state index in [0.29, 0.717) is 0 Å². The van der Waals surface area contributed by atoms with Gasteiger partial charge in [-0.25, -0.2) is 9.93 Å². The second-order valence-corrected chi connectivity index (χ2v) is 1.04. The van der Waals surface area contributed by atoms with Crippen molar-refractivity contribution in [2.45, 2.75) is 0 Å². The maximum atomic E-state index is 11.8. The maximum Gasteiger partial charge on any atom is 0.160 e. The standard InChI is InChI=1S/C3H4FN3/c4-3-1-5-7-6-2-3/h1-2,5,7H. The van der Waals surface area contributed by atoms with Crippen LogP contribution in [0.1, 0.15) is 0 Å². The zero-order valence-electron chi connectivity index (χ0n) is 3.48. The van der Waals surface area contributed by atoms with E-state index in [1.807, 2.05) is 0 Å². The average Bonchev–Trinajstić information content (AvgIpc) is 1.69. The summed E-state index contributed by atoms with van der Waals surface area (Å²) >= 11 is 0. The molecule has 3 nitrogen and oxygen atoms in total. The molecule has 2 N–H and O–H groups in total. The van der Waals surface area contributed by atoms with Crippen LogP contribution in [0.3, 0.4) is 0 Å². The first kappa shape index (κ1) is 4.11. The first-order valence-corrected chi connectivity index (χ1v) is 1.79. The number of hydrazone groups is 1. The van der Waals surface area contributed by atoms with Crippen molar-refractivity contribution in [2.75, 3.05) is 0 Å². The molecule has 0 aliphatic carbocycles. The Kier molecular flexibility index (Phi) is 0.934. The molecular formula is C3H4FN3. The number of hydrogen-bond donors (Lipinski definition) is 2. The lowest BCUT2D eigenvalue weighted by atomic mass is 10.6. The first-order valence-electron chi connectivity index (χ1n) is 1.79. The van der Waals surface area contributed by atoms with Crippen molar-refractivity contribution >= 4 is 6.21 Å². The third-order valence-electron chi connectivity index (χ3n) is 0.527. The number of allylic oxidation sites excluding steroid dienone is 1. The van der Waals surface area contributed by atoms with Gasteiger partial charge < -0.3 is 0 Å². The van der Waals surface area contributed by atoms with Gasteiger partial charge in [-0.05, 0) is 0 Å². The Morgan fingerprint density at radius 1 is 1.71 bits per heavy atom. The number of nitrogens with zero attached hydrogens (tertiary/aromatic N) is 1. The maximum absolute atomic E-state index is 11.8. The van der Waals surface area contributed by atoms with Crippen molar-refractivity contribution in [2.24, 2.45) is 5.10 Å². The highest BCUT2D eigenvalue weighted by Crippen LogP contribution is 1.88. The van der Waals surface area contributed by atoms with E-state index in [4.69, 9.17) is 0 Å². The van der Waals surface area contributed by atoms with Gasteiger partial charge in [0.2, 0.25) is 0 Å². The Bertz CT molecular complexity index is 117. The SMILES string of the molecule is FC1=CNNN=C1. The van der Waals surface area contributed by atoms with Crippen LogP contribution >= 0.6 is 0 Å². The summed E-state index contributed by atoms with van der Waals surface area (Å²) in [7, 11) is 0. The predicted octanol–water partition coefficient (Wildman–Crippen LogP) is -0.109. The molecule has 0 aromatic rings. The summed E-state index contributed by atoms with van der Waals surface area (Å²) in [4.78, 5) is 0. The fourth-order valence-electron chi connectivity index (χ4n) is 0.270. The molecule has 0 spiro atoms. The summed E-state index contributed by atoms with van der Waals surface area (Å²) < 4.78 is 11.8. The summed E-state index contributed by atoms with van der Waals surface area (Å²) in [6, 6.07) is 0. The van der Waals surface area contributed by atoms with Gasteiger partial charge in [0.05, 0.1) is 12.4 Å². The van der Waals surface area contributed by atoms with Gasteiger partial charge in [0, 0.05) is 0 Å². The van der Waals surface area contributed by atoms with Crippen LogP contribution in [0.15, 0.2) is 17.1 Å². The van der Waals surface area contributed by atoms with Gasteiger partial charge >= 0.3 is 0 Å². The fraction of sp³-hybridized carbons (Fsp3) is 0. The van der Waals surface area contributed by atoms with Crippen LogP contribution in [-0.4, -0.2) is 6.21 Å². The van der Waals surface area contributed by atoms with Crippen LogP contribution in [0.2, 0.25) is 0 Å². The summed E-state index contributed by atoms with van der Waals surface area (Å²) in [6.07, 6.45) is 2.25. The lowest BCUT2D eigenvalue weighted by molar-refractivity contribution is 0.601. The molecule has 38 valence electrons. The second kappa shape index (κ2) is 1.59. The zero-order chi connectivity index (χ0) is 5.11. The van der Waals surface area contributed by atoms with Gasteiger partial charge in [-0.1, -0.05) is 0 Å². The molecule has 0 radical (unpaired) electrons. The molecule has 1 aliphatic rings. The summed E-state index contributed by atoms with van der Waals surface area (Å²) in [5, 5.41) is 3.33. The zero-order valence-corrected chi connectivity index (χ0v) is 3.48. The number of hydrogen-bond acceptors (Lipinski definition) is 3. The smallest absolute Gasteiger partial charge is 0.160 e. The summed E-state index contributed by atoms with van der Waals surface area (Å²) in [6.45, 7) is 0. The van der Waals surface area contributed by atoms with E-state index in [-0.39, 0.29) is 5.83 Å². The number of rotatable bonds is 0. The van der Waals surface area contributed by atoms with E-state index in [2.05, 4.69) is 16.1 Å². The Morgan fingerprint density at radius 3 is 2.86 bits per heavy atom.